The molecule has 0 unspecified atom stereocenters. The fourth-order valence-electron chi connectivity index (χ4n) is 0.0408. The lowest BCUT2D eigenvalue weighted by Gasteiger charge is -1.83. The van der Waals surface area contributed by atoms with E-state index in [2.05, 4.69) is 12.6 Å². The molecule has 0 rings (SSSR count). The van der Waals surface area contributed by atoms with Crippen molar-refractivity contribution in [3.05, 3.63) is 12.0 Å². The van der Waals surface area contributed by atoms with Crippen LogP contribution in [0.15, 0.2) is 12.0 Å². The van der Waals surface area contributed by atoms with Gasteiger partial charge in [-0.15, -0.1) is 0 Å². The highest BCUT2D eigenvalue weighted by molar-refractivity contribution is 7.80. The first-order valence-corrected chi connectivity index (χ1v) is 2.07. The lowest BCUT2D eigenvalue weighted by molar-refractivity contribution is 0.366. The fraction of sp³-hybridized carbons (Fsp3) is 0.333. The largest absolute Gasteiger partial charge is 0.512 e. The molecule has 0 spiro atoms. The Morgan fingerprint density at radius 2 is 2.33 bits per heavy atom. The molecular weight excluding hydrogens is 100 g/mol. The van der Waals surface area contributed by atoms with Crippen molar-refractivity contribution in [2.24, 2.45) is 0 Å². The van der Waals surface area contributed by atoms with E-state index in [1.54, 1.807) is 0 Å². The first kappa shape index (κ1) is 5.69. The molecular formula is C3H6O2S. The molecule has 0 atom stereocenters. The van der Waals surface area contributed by atoms with Gasteiger partial charge in [-0.1, -0.05) is 0 Å². The Hall–Kier alpha value is -0.310. The van der Waals surface area contributed by atoms with Gasteiger partial charge in [0, 0.05) is 0 Å². The van der Waals surface area contributed by atoms with Gasteiger partial charge in [-0.25, -0.2) is 0 Å². The molecule has 0 saturated carbocycles. The molecule has 0 aromatic heterocycles. The summed E-state index contributed by atoms with van der Waals surface area (Å²) in [6.07, 6.45) is 0.618. The fourth-order valence-corrected chi connectivity index (χ4v) is 0.122. The lowest BCUT2D eigenvalue weighted by atomic mass is 10.6. The number of hydrogen-bond donors (Lipinski definition) is 3. The van der Waals surface area contributed by atoms with Crippen molar-refractivity contribution in [3.63, 3.8) is 0 Å². The first-order chi connectivity index (χ1) is 2.81. The van der Waals surface area contributed by atoms with E-state index in [1.165, 1.54) is 0 Å². The topological polar surface area (TPSA) is 40.5 Å². The van der Waals surface area contributed by atoms with Gasteiger partial charge in [0.05, 0.1) is 5.75 Å². The predicted molar refractivity (Wildman–Crippen MR) is 27.2 cm³/mol. The molecule has 0 aliphatic carbocycles. The summed E-state index contributed by atoms with van der Waals surface area (Å²) in [7, 11) is 0. The Bertz CT molecular complexity index is 59.8. The zero-order valence-corrected chi connectivity index (χ0v) is 4.02. The van der Waals surface area contributed by atoms with Crippen LogP contribution in [-0.2, 0) is 0 Å². The van der Waals surface area contributed by atoms with Gasteiger partial charge in [0.1, 0.15) is 12.0 Å². The Morgan fingerprint density at radius 1 is 1.83 bits per heavy atom. The maximum absolute atomic E-state index is 8.20. The molecule has 3 heteroatoms. The summed E-state index contributed by atoms with van der Waals surface area (Å²) in [4.78, 5) is 0. The summed E-state index contributed by atoms with van der Waals surface area (Å²) in [6, 6.07) is 0. The molecule has 0 radical (unpaired) electrons. The van der Waals surface area contributed by atoms with Crippen molar-refractivity contribution in [2.45, 2.75) is 0 Å². The maximum atomic E-state index is 8.20. The van der Waals surface area contributed by atoms with Gasteiger partial charge in [-0.05, 0) is 0 Å². The summed E-state index contributed by atoms with van der Waals surface area (Å²) in [6.45, 7) is 0. The van der Waals surface area contributed by atoms with Crippen molar-refractivity contribution < 1.29 is 10.2 Å². The minimum Gasteiger partial charge on any atom is -0.512 e. The van der Waals surface area contributed by atoms with Gasteiger partial charge in [0.25, 0.3) is 0 Å². The molecule has 0 aliphatic rings. The molecule has 0 bridgehead atoms. The van der Waals surface area contributed by atoms with Gasteiger partial charge in [-0.2, -0.15) is 12.6 Å². The van der Waals surface area contributed by atoms with Crippen LogP contribution in [0.4, 0.5) is 0 Å². The minimum absolute atomic E-state index is 0.113. The van der Waals surface area contributed by atoms with Crippen LogP contribution in [0.3, 0.4) is 0 Å². The van der Waals surface area contributed by atoms with Crippen molar-refractivity contribution in [2.75, 3.05) is 5.75 Å². The van der Waals surface area contributed by atoms with E-state index >= 15 is 0 Å². The normalized spacial score (nSPS) is 11.8. The van der Waals surface area contributed by atoms with E-state index in [1.807, 2.05) is 0 Å². The molecule has 0 aromatic rings. The Balaban J connectivity index is 3.22. The van der Waals surface area contributed by atoms with Crippen molar-refractivity contribution in [1.29, 1.82) is 0 Å². The van der Waals surface area contributed by atoms with E-state index in [0.29, 0.717) is 6.26 Å². The smallest absolute Gasteiger partial charge is 0.136 e. The number of hydrogen-bond acceptors (Lipinski definition) is 3. The summed E-state index contributed by atoms with van der Waals surface area (Å²) in [5, 5.41) is 16.1. The Morgan fingerprint density at radius 3 is 2.33 bits per heavy atom. The van der Waals surface area contributed by atoms with Crippen LogP contribution in [0.1, 0.15) is 0 Å². The third kappa shape index (κ3) is 1.96. The number of aliphatic hydroxyl groups is 2. The molecule has 6 heavy (non-hydrogen) atoms. The second-order valence-electron chi connectivity index (χ2n) is 0.779. The van der Waals surface area contributed by atoms with Crippen LogP contribution in [0.25, 0.3) is 0 Å². The van der Waals surface area contributed by atoms with Gasteiger partial charge in [0.15, 0.2) is 0 Å². The second-order valence-corrected chi connectivity index (χ2v) is 1.09. The Labute approximate surface area is 41.5 Å². The van der Waals surface area contributed by atoms with Crippen LogP contribution in [0.2, 0.25) is 0 Å². The van der Waals surface area contributed by atoms with E-state index in [9.17, 15) is 0 Å². The van der Waals surface area contributed by atoms with Crippen LogP contribution in [-0.4, -0.2) is 16.0 Å². The Kier molecular flexibility index (Phi) is 2.75. The molecule has 0 fully saturated rings. The molecule has 2 nitrogen and oxygen atoms in total. The highest BCUT2D eigenvalue weighted by Gasteiger charge is 1.79. The molecule has 36 valence electrons. The SMILES string of the molecule is OC=C(O)CS. The van der Waals surface area contributed by atoms with Gasteiger partial charge >= 0.3 is 0 Å². The summed E-state index contributed by atoms with van der Waals surface area (Å²) in [5.74, 6) is 0.0783. The molecule has 0 saturated heterocycles. The number of rotatable bonds is 1. The lowest BCUT2D eigenvalue weighted by Crippen LogP contribution is -1.78. The zero-order valence-electron chi connectivity index (χ0n) is 3.13. The van der Waals surface area contributed by atoms with E-state index in [-0.39, 0.29) is 11.5 Å². The maximum Gasteiger partial charge on any atom is 0.136 e. The highest BCUT2D eigenvalue weighted by atomic mass is 32.1. The summed E-state index contributed by atoms with van der Waals surface area (Å²) < 4.78 is 0. The van der Waals surface area contributed by atoms with Crippen molar-refractivity contribution in [3.8, 4) is 0 Å². The molecule has 2 N–H and O–H groups in total. The van der Waals surface area contributed by atoms with E-state index in [0.717, 1.165) is 0 Å². The number of aliphatic hydroxyl groups excluding tert-OH is 2. The molecule has 0 amide bonds. The third-order valence-electron chi connectivity index (χ3n) is 0.311. The van der Waals surface area contributed by atoms with E-state index < -0.39 is 0 Å². The van der Waals surface area contributed by atoms with E-state index in [4.69, 9.17) is 10.2 Å². The second kappa shape index (κ2) is 2.90. The third-order valence-corrected chi connectivity index (χ3v) is 0.635. The van der Waals surface area contributed by atoms with Crippen LogP contribution >= 0.6 is 12.6 Å². The van der Waals surface area contributed by atoms with Crippen LogP contribution in [0.5, 0.6) is 0 Å². The van der Waals surface area contributed by atoms with Crippen LogP contribution < -0.4 is 0 Å². The molecule has 0 heterocycles. The minimum atomic E-state index is -0.113. The monoisotopic (exact) mass is 106 g/mol. The first-order valence-electron chi connectivity index (χ1n) is 1.44. The standard InChI is InChI=1S/C3H6O2S/c4-1-3(5)2-6/h1,4-6H,2H2. The van der Waals surface area contributed by atoms with Crippen LogP contribution in [0, 0.1) is 0 Å². The molecule has 0 aromatic carbocycles. The van der Waals surface area contributed by atoms with Crippen molar-refractivity contribution >= 4 is 12.6 Å². The zero-order chi connectivity index (χ0) is 4.99. The average Bonchev–Trinajstić information content (AvgIpc) is 1.65. The van der Waals surface area contributed by atoms with Gasteiger partial charge in [-0.3, -0.25) is 0 Å². The summed E-state index contributed by atoms with van der Waals surface area (Å²) >= 11 is 3.62. The highest BCUT2D eigenvalue weighted by Crippen LogP contribution is 1.85. The predicted octanol–water partition coefficient (Wildman–Crippen LogP) is 0.874. The average molecular weight is 106 g/mol. The van der Waals surface area contributed by atoms with Gasteiger partial charge in [0.2, 0.25) is 0 Å². The quantitative estimate of drug-likeness (QED) is 0.343. The molecule has 0 aliphatic heterocycles. The van der Waals surface area contributed by atoms with Gasteiger partial charge < -0.3 is 10.2 Å². The van der Waals surface area contributed by atoms with Crippen molar-refractivity contribution in [1.82, 2.24) is 0 Å². The number of thiol groups is 1. The summed E-state index contributed by atoms with van der Waals surface area (Å²) in [5.41, 5.74) is 0.